The summed E-state index contributed by atoms with van der Waals surface area (Å²) in [4.78, 5) is 0.438. The minimum Gasteiger partial charge on any atom is -0.374 e. The van der Waals surface area contributed by atoms with Gasteiger partial charge in [-0.1, -0.05) is 57.0 Å². The first-order valence-corrected chi connectivity index (χ1v) is 8.04. The minimum absolute atomic E-state index is 0.201. The molecule has 0 aliphatic heterocycles. The van der Waals surface area contributed by atoms with Gasteiger partial charge in [-0.25, -0.2) is 0 Å². The van der Waals surface area contributed by atoms with Crippen molar-refractivity contribution in [3.8, 4) is 0 Å². The fourth-order valence-electron chi connectivity index (χ4n) is 1.97. The normalized spacial score (nSPS) is 26.9. The first-order valence-electron chi connectivity index (χ1n) is 6.33. The molecule has 1 saturated carbocycles. The van der Waals surface area contributed by atoms with Crippen molar-refractivity contribution in [2.75, 3.05) is 6.61 Å². The molecule has 0 aromatic heterocycles. The van der Waals surface area contributed by atoms with Gasteiger partial charge in [0.1, 0.15) is 0 Å². The van der Waals surface area contributed by atoms with Crippen LogP contribution in [-0.4, -0.2) is 23.6 Å². The van der Waals surface area contributed by atoms with E-state index in [4.69, 9.17) is 9.47 Å². The van der Waals surface area contributed by atoms with Crippen LogP contribution in [0.4, 0.5) is 0 Å². The summed E-state index contributed by atoms with van der Waals surface area (Å²) in [5.41, 5.74) is 1.18. The Morgan fingerprint density at radius 2 is 2.06 bits per heavy atom. The van der Waals surface area contributed by atoms with Gasteiger partial charge in [0, 0.05) is 15.9 Å². The molecule has 1 fully saturated rings. The third kappa shape index (κ3) is 3.56. The molecule has 1 aromatic carbocycles. The van der Waals surface area contributed by atoms with E-state index in [-0.39, 0.29) is 12.2 Å². The molecule has 0 saturated heterocycles. The highest BCUT2D eigenvalue weighted by molar-refractivity contribution is 9.10. The van der Waals surface area contributed by atoms with Crippen molar-refractivity contribution in [3.05, 3.63) is 34.3 Å². The molecular weight excluding hydrogens is 360 g/mol. The Balaban J connectivity index is 1.82. The lowest BCUT2D eigenvalue weighted by Crippen LogP contribution is -2.50. The van der Waals surface area contributed by atoms with E-state index in [0.29, 0.717) is 11.4 Å². The van der Waals surface area contributed by atoms with Gasteiger partial charge in [-0.2, -0.15) is 0 Å². The fraction of sp³-hybridized carbons (Fsp3) is 0.571. The average molecular weight is 378 g/mol. The van der Waals surface area contributed by atoms with Crippen LogP contribution in [0.25, 0.3) is 0 Å². The zero-order chi connectivity index (χ0) is 13.0. The van der Waals surface area contributed by atoms with Crippen molar-refractivity contribution in [2.45, 2.75) is 43.4 Å². The van der Waals surface area contributed by atoms with Crippen molar-refractivity contribution in [2.24, 2.45) is 0 Å². The van der Waals surface area contributed by atoms with E-state index in [0.717, 1.165) is 23.9 Å². The van der Waals surface area contributed by atoms with Gasteiger partial charge in [0.05, 0.1) is 18.8 Å². The Morgan fingerprint density at radius 3 is 2.72 bits per heavy atom. The van der Waals surface area contributed by atoms with Crippen molar-refractivity contribution in [1.29, 1.82) is 0 Å². The summed E-state index contributed by atoms with van der Waals surface area (Å²) < 4.78 is 12.8. The third-order valence-corrected chi connectivity index (χ3v) is 4.77. The standard InChI is InChI=1S/C14H18Br2O2/c1-2-7-17-14-12(16)8-13(14)18-9-10-5-3-4-6-11(10)15/h3-6,12-14H,2,7-9H2,1H3. The van der Waals surface area contributed by atoms with Crippen LogP contribution in [0.15, 0.2) is 28.7 Å². The molecule has 0 radical (unpaired) electrons. The van der Waals surface area contributed by atoms with Gasteiger partial charge in [0.15, 0.2) is 0 Å². The Morgan fingerprint density at radius 1 is 1.28 bits per heavy atom. The molecule has 3 unspecified atom stereocenters. The molecule has 1 aromatic rings. The van der Waals surface area contributed by atoms with E-state index >= 15 is 0 Å². The van der Waals surface area contributed by atoms with Gasteiger partial charge in [-0.05, 0) is 24.5 Å². The molecule has 100 valence electrons. The maximum Gasteiger partial charge on any atom is 0.0962 e. The van der Waals surface area contributed by atoms with Gasteiger partial charge >= 0.3 is 0 Å². The molecule has 0 N–H and O–H groups in total. The minimum atomic E-state index is 0.201. The van der Waals surface area contributed by atoms with Crippen LogP contribution in [0, 0.1) is 0 Å². The quantitative estimate of drug-likeness (QED) is 0.688. The van der Waals surface area contributed by atoms with Crippen molar-refractivity contribution < 1.29 is 9.47 Å². The van der Waals surface area contributed by atoms with E-state index in [9.17, 15) is 0 Å². The topological polar surface area (TPSA) is 18.5 Å². The van der Waals surface area contributed by atoms with E-state index in [1.165, 1.54) is 5.56 Å². The number of hydrogen-bond acceptors (Lipinski definition) is 2. The highest BCUT2D eigenvalue weighted by Gasteiger charge is 2.41. The van der Waals surface area contributed by atoms with Gasteiger partial charge in [-0.3, -0.25) is 0 Å². The number of ether oxygens (including phenoxy) is 2. The second-order valence-corrected chi connectivity index (χ2v) is 6.56. The van der Waals surface area contributed by atoms with Crippen LogP contribution in [0.2, 0.25) is 0 Å². The molecule has 3 atom stereocenters. The van der Waals surface area contributed by atoms with Crippen molar-refractivity contribution in [3.63, 3.8) is 0 Å². The second kappa shape index (κ2) is 7.04. The molecule has 0 spiro atoms. The van der Waals surface area contributed by atoms with Gasteiger partial charge in [0.25, 0.3) is 0 Å². The highest BCUT2D eigenvalue weighted by Crippen LogP contribution is 2.34. The number of halogens is 2. The Labute approximate surface area is 125 Å². The smallest absolute Gasteiger partial charge is 0.0962 e. The Kier molecular flexibility index (Phi) is 5.67. The third-order valence-electron chi connectivity index (χ3n) is 3.11. The number of hydrogen-bond donors (Lipinski definition) is 0. The summed E-state index contributed by atoms with van der Waals surface area (Å²) >= 11 is 7.16. The van der Waals surface area contributed by atoms with Gasteiger partial charge in [-0.15, -0.1) is 0 Å². The van der Waals surface area contributed by atoms with E-state index in [2.05, 4.69) is 44.8 Å². The van der Waals surface area contributed by atoms with Crippen LogP contribution < -0.4 is 0 Å². The summed E-state index contributed by atoms with van der Waals surface area (Å²) in [6.07, 6.45) is 2.49. The Hall–Kier alpha value is 0.100. The first-order chi connectivity index (χ1) is 8.72. The molecule has 2 nitrogen and oxygen atoms in total. The lowest BCUT2D eigenvalue weighted by molar-refractivity contribution is -0.126. The largest absolute Gasteiger partial charge is 0.374 e. The molecule has 2 rings (SSSR count). The Bertz CT molecular complexity index is 384. The molecule has 1 aliphatic carbocycles. The van der Waals surface area contributed by atoms with E-state index in [1.807, 2.05) is 18.2 Å². The number of benzene rings is 1. The average Bonchev–Trinajstić information content (AvgIpc) is 2.36. The SMILES string of the molecule is CCCOC1C(Br)CC1OCc1ccccc1Br. The summed E-state index contributed by atoms with van der Waals surface area (Å²) in [6, 6.07) is 8.16. The molecule has 0 bridgehead atoms. The molecule has 0 heterocycles. The van der Waals surface area contributed by atoms with Crippen LogP contribution in [0.3, 0.4) is 0 Å². The summed E-state index contributed by atoms with van der Waals surface area (Å²) in [5, 5.41) is 0. The van der Waals surface area contributed by atoms with Crippen LogP contribution in [0.5, 0.6) is 0 Å². The monoisotopic (exact) mass is 376 g/mol. The van der Waals surface area contributed by atoms with Crippen LogP contribution in [0.1, 0.15) is 25.3 Å². The molecule has 18 heavy (non-hydrogen) atoms. The zero-order valence-corrected chi connectivity index (χ0v) is 13.6. The molecule has 0 amide bonds. The molecular formula is C14H18Br2O2. The van der Waals surface area contributed by atoms with Crippen LogP contribution >= 0.6 is 31.9 Å². The number of alkyl halides is 1. The van der Waals surface area contributed by atoms with Gasteiger partial charge < -0.3 is 9.47 Å². The first kappa shape index (κ1) is 14.5. The molecule has 4 heteroatoms. The maximum atomic E-state index is 5.94. The van der Waals surface area contributed by atoms with E-state index < -0.39 is 0 Å². The predicted molar refractivity (Wildman–Crippen MR) is 80.1 cm³/mol. The summed E-state index contributed by atoms with van der Waals surface area (Å²) in [6.45, 7) is 3.57. The molecule has 1 aliphatic rings. The lowest BCUT2D eigenvalue weighted by atomic mass is 9.91. The van der Waals surface area contributed by atoms with Crippen LogP contribution in [-0.2, 0) is 16.1 Å². The highest BCUT2D eigenvalue weighted by atomic mass is 79.9. The maximum absolute atomic E-state index is 5.94. The summed E-state index contributed by atoms with van der Waals surface area (Å²) in [5.74, 6) is 0. The fourth-order valence-corrected chi connectivity index (χ4v) is 3.23. The van der Waals surface area contributed by atoms with Gasteiger partial charge in [0.2, 0.25) is 0 Å². The zero-order valence-electron chi connectivity index (χ0n) is 10.4. The van der Waals surface area contributed by atoms with E-state index in [1.54, 1.807) is 0 Å². The van der Waals surface area contributed by atoms with Crippen molar-refractivity contribution in [1.82, 2.24) is 0 Å². The second-order valence-electron chi connectivity index (χ2n) is 4.53. The summed E-state index contributed by atoms with van der Waals surface area (Å²) in [7, 11) is 0. The lowest BCUT2D eigenvalue weighted by Gasteiger charge is -2.40. The number of rotatable bonds is 6. The predicted octanol–water partition coefficient (Wildman–Crippen LogP) is 4.30. The van der Waals surface area contributed by atoms with Crippen molar-refractivity contribution >= 4 is 31.9 Å².